The lowest BCUT2D eigenvalue weighted by Crippen LogP contribution is -2.49. The molecule has 0 aliphatic carbocycles. The first-order chi connectivity index (χ1) is 15.7. The van der Waals surface area contributed by atoms with Crippen molar-refractivity contribution in [1.29, 1.82) is 0 Å². The fraction of sp³-hybridized carbons (Fsp3) is 0.440. The lowest BCUT2D eigenvalue weighted by molar-refractivity contribution is -0.131. The summed E-state index contributed by atoms with van der Waals surface area (Å²) in [7, 11) is 1.69. The second-order valence-corrected chi connectivity index (χ2v) is 7.70. The van der Waals surface area contributed by atoms with Crippen molar-refractivity contribution in [3.63, 3.8) is 0 Å². The molecule has 180 valence electrons. The van der Waals surface area contributed by atoms with Crippen LogP contribution in [0.3, 0.4) is 0 Å². The zero-order valence-corrected chi connectivity index (χ0v) is 22.0. The van der Waals surface area contributed by atoms with Crippen molar-refractivity contribution < 1.29 is 9.53 Å². The van der Waals surface area contributed by atoms with Gasteiger partial charge in [-0.05, 0) is 37.1 Å². The fourth-order valence-corrected chi connectivity index (χ4v) is 3.84. The fourth-order valence-electron chi connectivity index (χ4n) is 3.84. The van der Waals surface area contributed by atoms with E-state index in [1.54, 1.807) is 7.11 Å². The maximum Gasteiger partial charge on any atom is 0.224 e. The molecule has 3 rings (SSSR count). The molecule has 33 heavy (non-hydrogen) atoms. The van der Waals surface area contributed by atoms with Crippen molar-refractivity contribution in [3.8, 4) is 5.75 Å². The highest BCUT2D eigenvalue weighted by Gasteiger charge is 2.20. The number of para-hydroxylation sites is 2. The number of carbonyl (C=O) groups is 1. The van der Waals surface area contributed by atoms with E-state index in [-0.39, 0.29) is 29.9 Å². The van der Waals surface area contributed by atoms with Gasteiger partial charge in [0.05, 0.1) is 13.7 Å². The molecule has 8 heteroatoms. The van der Waals surface area contributed by atoms with Crippen LogP contribution in [0, 0.1) is 0 Å². The number of anilines is 1. The molecule has 7 nitrogen and oxygen atoms in total. The number of benzene rings is 2. The number of aliphatic imine (C=N–C) groups is 1. The van der Waals surface area contributed by atoms with Crippen LogP contribution in [0.15, 0.2) is 59.6 Å². The Hall–Kier alpha value is -2.49. The quantitative estimate of drug-likeness (QED) is 0.278. The molecule has 0 bridgehead atoms. The number of carbonyl (C=O) groups excluding carboxylic acids is 1. The maximum absolute atomic E-state index is 12.6. The number of amides is 1. The van der Waals surface area contributed by atoms with Crippen LogP contribution in [0.1, 0.15) is 18.9 Å². The van der Waals surface area contributed by atoms with Gasteiger partial charge in [-0.25, -0.2) is 0 Å². The number of nitrogens with zero attached hydrogens (tertiary/aromatic N) is 3. The predicted octanol–water partition coefficient (Wildman–Crippen LogP) is 3.15. The van der Waals surface area contributed by atoms with Gasteiger partial charge in [0, 0.05) is 51.4 Å². The van der Waals surface area contributed by atoms with Gasteiger partial charge in [-0.15, -0.1) is 24.0 Å². The number of guanidine groups is 1. The number of methoxy groups -OCH3 is 1. The molecule has 2 N–H and O–H groups in total. The number of nitrogens with one attached hydrogen (secondary N) is 2. The van der Waals surface area contributed by atoms with Crippen molar-refractivity contribution in [1.82, 2.24) is 15.5 Å². The third-order valence-electron chi connectivity index (χ3n) is 5.57. The van der Waals surface area contributed by atoms with Crippen molar-refractivity contribution in [2.24, 2.45) is 4.99 Å². The zero-order chi connectivity index (χ0) is 22.6. The molecule has 0 unspecified atom stereocenters. The molecule has 1 aliphatic rings. The van der Waals surface area contributed by atoms with Crippen LogP contribution in [-0.4, -0.2) is 69.7 Å². The average Bonchev–Trinajstić information content (AvgIpc) is 2.85. The van der Waals surface area contributed by atoms with E-state index in [1.165, 1.54) is 5.69 Å². The lowest BCUT2D eigenvalue weighted by Gasteiger charge is -2.36. The normalized spacial score (nSPS) is 13.8. The SMILES string of the molecule is CCNC(=NCCC(=O)N1CCN(c2ccccc2)CC1)NCCc1ccccc1OC.I. The van der Waals surface area contributed by atoms with Gasteiger partial charge in [-0.3, -0.25) is 9.79 Å². The largest absolute Gasteiger partial charge is 0.496 e. The van der Waals surface area contributed by atoms with Crippen LogP contribution in [0.2, 0.25) is 0 Å². The molecule has 0 spiro atoms. The summed E-state index contributed by atoms with van der Waals surface area (Å²) >= 11 is 0. The van der Waals surface area contributed by atoms with E-state index in [0.717, 1.165) is 63.0 Å². The van der Waals surface area contributed by atoms with Crippen LogP contribution >= 0.6 is 24.0 Å². The van der Waals surface area contributed by atoms with Crippen molar-refractivity contribution in [2.75, 3.05) is 57.8 Å². The Bertz CT molecular complexity index is 870. The number of ether oxygens (including phenoxy) is 1. The Kier molecular flexibility index (Phi) is 11.9. The van der Waals surface area contributed by atoms with Gasteiger partial charge in [0.25, 0.3) is 0 Å². The second-order valence-electron chi connectivity index (χ2n) is 7.70. The summed E-state index contributed by atoms with van der Waals surface area (Å²) in [5.74, 6) is 1.81. The minimum atomic E-state index is 0. The van der Waals surface area contributed by atoms with E-state index in [9.17, 15) is 4.79 Å². The summed E-state index contributed by atoms with van der Waals surface area (Å²) in [4.78, 5) is 21.5. The van der Waals surface area contributed by atoms with E-state index in [2.05, 4.69) is 50.9 Å². The third kappa shape index (κ3) is 8.42. The first kappa shape index (κ1) is 26.8. The molecule has 1 aliphatic heterocycles. The predicted molar refractivity (Wildman–Crippen MR) is 146 cm³/mol. The molecule has 0 atom stereocenters. The van der Waals surface area contributed by atoms with Crippen molar-refractivity contribution >= 4 is 41.5 Å². The van der Waals surface area contributed by atoms with Crippen LogP contribution in [0.5, 0.6) is 5.75 Å². The van der Waals surface area contributed by atoms with Crippen molar-refractivity contribution in [3.05, 3.63) is 60.2 Å². The highest BCUT2D eigenvalue weighted by atomic mass is 127. The Balaban J connectivity index is 0.00000385. The molecule has 1 saturated heterocycles. The van der Waals surface area contributed by atoms with Gasteiger partial charge < -0.3 is 25.2 Å². The number of halogens is 1. The lowest BCUT2D eigenvalue weighted by atomic mass is 10.1. The molecule has 1 heterocycles. The standard InChI is InChI=1S/C25H35N5O2.HI/c1-3-26-25(27-15-13-21-9-7-8-12-23(21)32-2)28-16-14-24(31)30-19-17-29(18-20-30)22-10-5-4-6-11-22;/h4-12H,3,13-20H2,1-2H3,(H2,26,27,28);1H. The number of hydrogen-bond donors (Lipinski definition) is 2. The average molecular weight is 566 g/mol. The van der Waals surface area contributed by atoms with Crippen LogP contribution in [0.4, 0.5) is 5.69 Å². The Morgan fingerprint density at radius 2 is 1.70 bits per heavy atom. The molecule has 0 aromatic heterocycles. The Morgan fingerprint density at radius 3 is 2.39 bits per heavy atom. The van der Waals surface area contributed by atoms with Gasteiger partial charge in [-0.2, -0.15) is 0 Å². The van der Waals surface area contributed by atoms with Crippen LogP contribution in [-0.2, 0) is 11.2 Å². The van der Waals surface area contributed by atoms with Gasteiger partial charge in [-0.1, -0.05) is 36.4 Å². The first-order valence-electron chi connectivity index (χ1n) is 11.4. The summed E-state index contributed by atoms with van der Waals surface area (Å²) in [6, 6.07) is 18.4. The summed E-state index contributed by atoms with van der Waals surface area (Å²) in [5.41, 5.74) is 2.38. The van der Waals surface area contributed by atoms with Gasteiger partial charge >= 0.3 is 0 Å². The molecule has 0 radical (unpaired) electrons. The molecule has 1 fully saturated rings. The number of piperazine rings is 1. The zero-order valence-electron chi connectivity index (χ0n) is 19.6. The van der Waals surface area contributed by atoms with Crippen molar-refractivity contribution in [2.45, 2.75) is 19.8 Å². The highest BCUT2D eigenvalue weighted by molar-refractivity contribution is 14.0. The van der Waals surface area contributed by atoms with Crippen LogP contribution < -0.4 is 20.3 Å². The van der Waals surface area contributed by atoms with E-state index in [1.807, 2.05) is 36.1 Å². The summed E-state index contributed by atoms with van der Waals surface area (Å²) in [5, 5.41) is 6.60. The highest BCUT2D eigenvalue weighted by Crippen LogP contribution is 2.17. The first-order valence-corrected chi connectivity index (χ1v) is 11.4. The van der Waals surface area contributed by atoms with Crippen LogP contribution in [0.25, 0.3) is 0 Å². The van der Waals surface area contributed by atoms with Gasteiger partial charge in [0.2, 0.25) is 5.91 Å². The molecule has 0 saturated carbocycles. The van der Waals surface area contributed by atoms with E-state index < -0.39 is 0 Å². The Morgan fingerprint density at radius 1 is 1.00 bits per heavy atom. The molecular formula is C25H36IN5O2. The second kappa shape index (κ2) is 14.6. The Labute approximate surface area is 214 Å². The van der Waals surface area contributed by atoms with Gasteiger partial charge in [0.15, 0.2) is 5.96 Å². The summed E-state index contributed by atoms with van der Waals surface area (Å²) in [6.45, 7) is 7.27. The molecule has 2 aromatic carbocycles. The van der Waals surface area contributed by atoms with E-state index in [0.29, 0.717) is 13.0 Å². The van der Waals surface area contributed by atoms with Gasteiger partial charge in [0.1, 0.15) is 5.75 Å². The topological polar surface area (TPSA) is 69.2 Å². The minimum absolute atomic E-state index is 0. The minimum Gasteiger partial charge on any atom is -0.496 e. The van der Waals surface area contributed by atoms with E-state index in [4.69, 9.17) is 4.74 Å². The third-order valence-corrected chi connectivity index (χ3v) is 5.57. The molecular weight excluding hydrogens is 529 g/mol. The maximum atomic E-state index is 12.6. The monoisotopic (exact) mass is 565 g/mol. The number of hydrogen-bond acceptors (Lipinski definition) is 4. The smallest absolute Gasteiger partial charge is 0.224 e. The summed E-state index contributed by atoms with van der Waals surface area (Å²) < 4.78 is 5.41. The molecule has 2 aromatic rings. The number of rotatable bonds is 9. The van der Waals surface area contributed by atoms with E-state index >= 15 is 0 Å². The summed E-state index contributed by atoms with van der Waals surface area (Å²) in [6.07, 6.45) is 1.26. The molecule has 1 amide bonds.